The van der Waals surface area contributed by atoms with Gasteiger partial charge in [-0.15, -0.1) is 11.3 Å². The number of nitrogens with zero attached hydrogens (tertiary/aromatic N) is 3. The first-order valence-corrected chi connectivity index (χ1v) is 4.43. The van der Waals surface area contributed by atoms with Crippen LogP contribution in [0, 0.1) is 0 Å². The molecule has 0 radical (unpaired) electrons. The van der Waals surface area contributed by atoms with Gasteiger partial charge in [-0.25, -0.2) is 4.98 Å². The zero-order valence-corrected chi connectivity index (χ0v) is 7.30. The zero-order chi connectivity index (χ0) is 7.84. The van der Waals surface area contributed by atoms with Gasteiger partial charge in [-0.1, -0.05) is 0 Å². The molecule has 0 amide bonds. The predicted molar refractivity (Wildman–Crippen MR) is 45.8 cm³/mol. The van der Waals surface area contributed by atoms with E-state index in [-0.39, 0.29) is 0 Å². The Hall–Kier alpha value is -0.900. The summed E-state index contributed by atoms with van der Waals surface area (Å²) in [6, 6.07) is 0.427. The highest BCUT2D eigenvalue weighted by Gasteiger charge is 2.04. The lowest BCUT2D eigenvalue weighted by Crippen LogP contribution is -1.99. The number of thiazole rings is 1. The van der Waals surface area contributed by atoms with E-state index in [9.17, 15) is 0 Å². The molecule has 2 aromatic heterocycles. The second kappa shape index (κ2) is 2.30. The molecule has 0 fully saturated rings. The third-order valence-corrected chi connectivity index (χ3v) is 2.29. The summed E-state index contributed by atoms with van der Waals surface area (Å²) in [4.78, 5) is 5.18. The molecule has 0 aliphatic heterocycles. The minimum Gasteiger partial charge on any atom is -0.267 e. The molecule has 0 aliphatic rings. The van der Waals surface area contributed by atoms with Gasteiger partial charge >= 0.3 is 0 Å². The van der Waals surface area contributed by atoms with Crippen LogP contribution in [0.25, 0.3) is 10.3 Å². The highest BCUT2D eigenvalue weighted by atomic mass is 32.1. The van der Waals surface area contributed by atoms with Crippen molar-refractivity contribution < 1.29 is 0 Å². The summed E-state index contributed by atoms with van der Waals surface area (Å²) in [5.74, 6) is 0. The number of fused-ring (bicyclic) bond motifs is 1. The standard InChI is InChI=1S/C7H9N3S/c1-5(2)10-3-6-7(9-10)11-4-8-6/h3-5H,1-2H3. The van der Waals surface area contributed by atoms with Crippen molar-refractivity contribution in [1.29, 1.82) is 0 Å². The molecule has 0 saturated carbocycles. The van der Waals surface area contributed by atoms with Crippen molar-refractivity contribution in [3.05, 3.63) is 11.7 Å². The van der Waals surface area contributed by atoms with Crippen LogP contribution in [0.4, 0.5) is 0 Å². The van der Waals surface area contributed by atoms with E-state index in [0.29, 0.717) is 6.04 Å². The van der Waals surface area contributed by atoms with E-state index in [1.165, 1.54) is 0 Å². The minimum atomic E-state index is 0.427. The second-order valence-corrected chi connectivity index (χ2v) is 3.58. The van der Waals surface area contributed by atoms with Crippen molar-refractivity contribution in [3.8, 4) is 0 Å². The van der Waals surface area contributed by atoms with Gasteiger partial charge in [-0.05, 0) is 13.8 Å². The van der Waals surface area contributed by atoms with Gasteiger partial charge in [0.05, 0.1) is 11.7 Å². The van der Waals surface area contributed by atoms with Crippen molar-refractivity contribution in [2.75, 3.05) is 0 Å². The maximum Gasteiger partial charge on any atom is 0.165 e. The Morgan fingerprint density at radius 1 is 1.55 bits per heavy atom. The van der Waals surface area contributed by atoms with Crippen LogP contribution < -0.4 is 0 Å². The Morgan fingerprint density at radius 3 is 3.00 bits per heavy atom. The summed E-state index contributed by atoms with van der Waals surface area (Å²) in [5.41, 5.74) is 2.83. The van der Waals surface area contributed by atoms with Gasteiger partial charge in [-0.2, -0.15) is 5.10 Å². The Morgan fingerprint density at radius 2 is 2.36 bits per heavy atom. The number of hydrogen-bond donors (Lipinski definition) is 0. The Bertz CT molecular complexity index is 332. The van der Waals surface area contributed by atoms with E-state index in [0.717, 1.165) is 10.3 Å². The fraction of sp³-hybridized carbons (Fsp3) is 0.429. The fourth-order valence-electron chi connectivity index (χ4n) is 0.936. The molecule has 4 heteroatoms. The van der Waals surface area contributed by atoms with Crippen LogP contribution in [-0.2, 0) is 0 Å². The lowest BCUT2D eigenvalue weighted by Gasteiger charge is -2.01. The van der Waals surface area contributed by atoms with Gasteiger partial charge in [0.2, 0.25) is 0 Å². The topological polar surface area (TPSA) is 30.7 Å². The molecule has 0 saturated heterocycles. The lowest BCUT2D eigenvalue weighted by molar-refractivity contribution is 0.538. The highest BCUT2D eigenvalue weighted by Crippen LogP contribution is 2.16. The van der Waals surface area contributed by atoms with Crippen LogP contribution >= 0.6 is 11.3 Å². The zero-order valence-electron chi connectivity index (χ0n) is 6.48. The van der Waals surface area contributed by atoms with Crippen molar-refractivity contribution in [2.24, 2.45) is 0 Å². The molecular weight excluding hydrogens is 158 g/mol. The average molecular weight is 167 g/mol. The molecule has 0 unspecified atom stereocenters. The summed E-state index contributed by atoms with van der Waals surface area (Å²) in [6.45, 7) is 4.22. The first-order valence-electron chi connectivity index (χ1n) is 3.56. The summed E-state index contributed by atoms with van der Waals surface area (Å²) in [5, 5.41) is 4.34. The predicted octanol–water partition coefficient (Wildman–Crippen LogP) is 2.07. The summed E-state index contributed by atoms with van der Waals surface area (Å²) >= 11 is 1.58. The Balaban J connectivity index is 2.58. The molecule has 0 atom stereocenters. The smallest absolute Gasteiger partial charge is 0.165 e. The first-order chi connectivity index (χ1) is 5.27. The van der Waals surface area contributed by atoms with E-state index < -0.39 is 0 Å². The Kier molecular flexibility index (Phi) is 1.42. The summed E-state index contributed by atoms with van der Waals surface area (Å²) in [7, 11) is 0. The largest absolute Gasteiger partial charge is 0.267 e. The molecule has 3 nitrogen and oxygen atoms in total. The van der Waals surface area contributed by atoms with Crippen molar-refractivity contribution in [1.82, 2.24) is 14.8 Å². The molecule has 0 spiro atoms. The van der Waals surface area contributed by atoms with Crippen LogP contribution in [-0.4, -0.2) is 14.8 Å². The van der Waals surface area contributed by atoms with E-state index in [4.69, 9.17) is 0 Å². The Labute approximate surface area is 68.7 Å². The molecular formula is C7H9N3S. The van der Waals surface area contributed by atoms with Gasteiger partial charge in [0.15, 0.2) is 4.83 Å². The normalized spacial score (nSPS) is 11.5. The van der Waals surface area contributed by atoms with Crippen LogP contribution in [0.3, 0.4) is 0 Å². The maximum absolute atomic E-state index is 4.34. The summed E-state index contributed by atoms with van der Waals surface area (Å²) < 4.78 is 1.94. The quantitative estimate of drug-likeness (QED) is 0.651. The number of rotatable bonds is 1. The van der Waals surface area contributed by atoms with Gasteiger partial charge in [0.1, 0.15) is 5.52 Å². The minimum absolute atomic E-state index is 0.427. The molecule has 0 aromatic carbocycles. The number of hydrogen-bond acceptors (Lipinski definition) is 3. The molecule has 0 bridgehead atoms. The lowest BCUT2D eigenvalue weighted by atomic mass is 10.4. The van der Waals surface area contributed by atoms with Crippen LogP contribution in [0.5, 0.6) is 0 Å². The van der Waals surface area contributed by atoms with Crippen molar-refractivity contribution in [2.45, 2.75) is 19.9 Å². The van der Waals surface area contributed by atoms with Crippen LogP contribution in [0.2, 0.25) is 0 Å². The van der Waals surface area contributed by atoms with E-state index >= 15 is 0 Å². The number of aromatic nitrogens is 3. The molecule has 2 aromatic rings. The monoisotopic (exact) mass is 167 g/mol. The summed E-state index contributed by atoms with van der Waals surface area (Å²) in [6.07, 6.45) is 1.98. The second-order valence-electron chi connectivity index (χ2n) is 2.75. The van der Waals surface area contributed by atoms with Gasteiger partial charge < -0.3 is 0 Å². The van der Waals surface area contributed by atoms with Gasteiger partial charge in [0.25, 0.3) is 0 Å². The molecule has 0 N–H and O–H groups in total. The molecule has 11 heavy (non-hydrogen) atoms. The van der Waals surface area contributed by atoms with E-state index in [1.54, 1.807) is 11.3 Å². The van der Waals surface area contributed by atoms with Crippen molar-refractivity contribution in [3.63, 3.8) is 0 Å². The fourth-order valence-corrected chi connectivity index (χ4v) is 1.57. The van der Waals surface area contributed by atoms with E-state index in [1.807, 2.05) is 16.4 Å². The third-order valence-electron chi connectivity index (χ3n) is 1.57. The third kappa shape index (κ3) is 1.03. The van der Waals surface area contributed by atoms with Crippen LogP contribution in [0.1, 0.15) is 19.9 Å². The highest BCUT2D eigenvalue weighted by molar-refractivity contribution is 7.16. The van der Waals surface area contributed by atoms with Gasteiger partial charge in [-0.3, -0.25) is 4.68 Å². The SMILES string of the molecule is CC(C)n1cc2ncsc2n1. The molecule has 2 heterocycles. The van der Waals surface area contributed by atoms with E-state index in [2.05, 4.69) is 23.9 Å². The first kappa shape index (κ1) is 6.79. The molecule has 2 rings (SSSR count). The van der Waals surface area contributed by atoms with Crippen LogP contribution in [0.15, 0.2) is 11.7 Å². The molecule has 58 valence electrons. The molecule has 0 aliphatic carbocycles. The van der Waals surface area contributed by atoms with Crippen molar-refractivity contribution >= 4 is 21.7 Å². The average Bonchev–Trinajstić information content (AvgIpc) is 2.40. The van der Waals surface area contributed by atoms with Gasteiger partial charge in [0, 0.05) is 6.04 Å². The maximum atomic E-state index is 4.34.